The third-order valence-corrected chi connectivity index (χ3v) is 1.40. The highest BCUT2D eigenvalue weighted by Gasteiger charge is 1.93. The Bertz CT molecular complexity index is 221. The normalized spacial score (nSPS) is 9.64. The molecule has 1 radical (unpaired) electrons. The molecule has 59 valence electrons. The second-order valence-corrected chi connectivity index (χ2v) is 2.20. The van der Waals surface area contributed by atoms with Crippen molar-refractivity contribution in [1.82, 2.24) is 0 Å². The predicted octanol–water partition coefficient (Wildman–Crippen LogP) is 2.00. The van der Waals surface area contributed by atoms with Gasteiger partial charge in [-0.05, 0) is 17.7 Å². The molecule has 0 atom stereocenters. The van der Waals surface area contributed by atoms with E-state index in [1.165, 1.54) is 0 Å². The maximum absolute atomic E-state index is 5.03. The van der Waals surface area contributed by atoms with Crippen LogP contribution in [0.3, 0.4) is 0 Å². The van der Waals surface area contributed by atoms with Crippen LogP contribution in [-0.2, 0) is 11.3 Å². The fourth-order valence-corrected chi connectivity index (χ4v) is 0.880. The molecule has 1 rings (SSSR count). The van der Waals surface area contributed by atoms with Gasteiger partial charge in [-0.25, -0.2) is 0 Å². The Hall–Kier alpha value is -1.02. The van der Waals surface area contributed by atoms with Gasteiger partial charge in [-0.1, -0.05) is 12.1 Å². The summed E-state index contributed by atoms with van der Waals surface area (Å²) in [5, 5.41) is 0. The van der Waals surface area contributed by atoms with Crippen LogP contribution in [0.4, 0.5) is 0 Å². The highest BCUT2D eigenvalue weighted by atomic mass is 16.5. The summed E-state index contributed by atoms with van der Waals surface area (Å²) in [6.07, 6.45) is 0. The summed E-state index contributed by atoms with van der Waals surface area (Å²) in [5.41, 5.74) is 1.07. The molecular formula is C9H11O2. The first kappa shape index (κ1) is 8.08. The summed E-state index contributed by atoms with van der Waals surface area (Å²) in [5.74, 6) is 0.847. The molecule has 0 aliphatic rings. The summed E-state index contributed by atoms with van der Waals surface area (Å²) in [7, 11) is 4.94. The first-order chi connectivity index (χ1) is 5.36. The Balaban J connectivity index is 2.74. The van der Waals surface area contributed by atoms with E-state index in [1.54, 1.807) is 7.11 Å². The van der Waals surface area contributed by atoms with Gasteiger partial charge in [0.25, 0.3) is 0 Å². The van der Waals surface area contributed by atoms with Crippen molar-refractivity contribution in [1.29, 1.82) is 0 Å². The van der Waals surface area contributed by atoms with Gasteiger partial charge in [0, 0.05) is 0 Å². The van der Waals surface area contributed by atoms with Gasteiger partial charge in [0.2, 0.25) is 0 Å². The van der Waals surface area contributed by atoms with Crippen LogP contribution in [-0.4, -0.2) is 7.11 Å². The number of ether oxygens (including phenoxy) is 2. The predicted molar refractivity (Wildman–Crippen MR) is 43.1 cm³/mol. The fourth-order valence-electron chi connectivity index (χ4n) is 0.880. The molecule has 0 unspecified atom stereocenters. The van der Waals surface area contributed by atoms with Gasteiger partial charge in [0.15, 0.2) is 0 Å². The molecule has 0 spiro atoms. The molecule has 11 heavy (non-hydrogen) atoms. The van der Waals surface area contributed by atoms with E-state index in [2.05, 4.69) is 7.11 Å². The molecule has 2 heteroatoms. The molecule has 0 aliphatic carbocycles. The van der Waals surface area contributed by atoms with Crippen molar-refractivity contribution >= 4 is 0 Å². The minimum atomic E-state index is 0.525. The van der Waals surface area contributed by atoms with Gasteiger partial charge >= 0.3 is 0 Å². The Kier molecular flexibility index (Phi) is 2.93. The van der Waals surface area contributed by atoms with Crippen LogP contribution in [0.2, 0.25) is 0 Å². The van der Waals surface area contributed by atoms with Crippen molar-refractivity contribution in [2.75, 3.05) is 7.11 Å². The van der Waals surface area contributed by atoms with Crippen molar-refractivity contribution in [3.8, 4) is 5.75 Å². The van der Waals surface area contributed by atoms with E-state index in [0.717, 1.165) is 11.3 Å². The molecule has 0 saturated carbocycles. The Morgan fingerprint density at radius 3 is 2.91 bits per heavy atom. The summed E-state index contributed by atoms with van der Waals surface area (Å²) in [6.45, 7) is 0.525. The Labute approximate surface area is 66.8 Å². The molecule has 0 amide bonds. The van der Waals surface area contributed by atoms with Gasteiger partial charge < -0.3 is 9.47 Å². The maximum atomic E-state index is 5.03. The standard InChI is InChI=1S/C9H11O2/c1-10-7-8-4-3-5-9(6-8)11-2/h3-6H,1,7H2,2H3. The minimum absolute atomic E-state index is 0.525. The molecule has 1 aromatic rings. The molecule has 0 heterocycles. The number of hydrogen-bond acceptors (Lipinski definition) is 2. The van der Waals surface area contributed by atoms with Crippen LogP contribution in [0.5, 0.6) is 5.75 Å². The van der Waals surface area contributed by atoms with E-state index in [4.69, 9.17) is 9.47 Å². The van der Waals surface area contributed by atoms with Gasteiger partial charge in [-0.3, -0.25) is 0 Å². The molecule has 0 saturated heterocycles. The van der Waals surface area contributed by atoms with Gasteiger partial charge in [-0.15, -0.1) is 0 Å². The van der Waals surface area contributed by atoms with Crippen LogP contribution in [0.25, 0.3) is 0 Å². The van der Waals surface area contributed by atoms with Gasteiger partial charge in [-0.2, -0.15) is 0 Å². The third kappa shape index (κ3) is 2.24. The average Bonchev–Trinajstić information content (AvgIpc) is 2.06. The smallest absolute Gasteiger partial charge is 0.119 e. The van der Waals surface area contributed by atoms with E-state index in [1.807, 2.05) is 24.3 Å². The second kappa shape index (κ2) is 3.98. The van der Waals surface area contributed by atoms with Crippen LogP contribution < -0.4 is 4.74 Å². The van der Waals surface area contributed by atoms with Gasteiger partial charge in [0.05, 0.1) is 20.8 Å². The van der Waals surface area contributed by atoms with Crippen LogP contribution >= 0.6 is 0 Å². The van der Waals surface area contributed by atoms with E-state index < -0.39 is 0 Å². The van der Waals surface area contributed by atoms with Crippen LogP contribution in [0.15, 0.2) is 24.3 Å². The summed E-state index contributed by atoms with van der Waals surface area (Å²) in [4.78, 5) is 0. The lowest BCUT2D eigenvalue weighted by molar-refractivity contribution is 0.228. The quantitative estimate of drug-likeness (QED) is 0.657. The first-order valence-electron chi connectivity index (χ1n) is 3.36. The zero-order valence-corrected chi connectivity index (χ0v) is 6.54. The number of hydrogen-bond donors (Lipinski definition) is 0. The van der Waals surface area contributed by atoms with Crippen LogP contribution in [0, 0.1) is 7.11 Å². The van der Waals surface area contributed by atoms with E-state index in [-0.39, 0.29) is 0 Å². The first-order valence-corrected chi connectivity index (χ1v) is 3.36. The fraction of sp³-hybridized carbons (Fsp3) is 0.222. The number of methoxy groups -OCH3 is 1. The zero-order valence-electron chi connectivity index (χ0n) is 6.54. The van der Waals surface area contributed by atoms with Gasteiger partial charge in [0.1, 0.15) is 5.75 Å². The lowest BCUT2D eigenvalue weighted by Crippen LogP contribution is -1.87. The minimum Gasteiger partial charge on any atom is -0.497 e. The maximum Gasteiger partial charge on any atom is 0.119 e. The van der Waals surface area contributed by atoms with Crippen LogP contribution in [0.1, 0.15) is 5.56 Å². The highest BCUT2D eigenvalue weighted by molar-refractivity contribution is 5.27. The SMILES string of the molecule is [CH2]OCc1cccc(OC)c1. The Morgan fingerprint density at radius 1 is 1.45 bits per heavy atom. The molecule has 2 nitrogen and oxygen atoms in total. The van der Waals surface area contributed by atoms with Crippen molar-refractivity contribution < 1.29 is 9.47 Å². The molecule has 0 aliphatic heterocycles. The largest absolute Gasteiger partial charge is 0.497 e. The Morgan fingerprint density at radius 2 is 2.27 bits per heavy atom. The molecule has 0 bridgehead atoms. The number of benzene rings is 1. The summed E-state index contributed by atoms with van der Waals surface area (Å²) >= 11 is 0. The summed E-state index contributed by atoms with van der Waals surface area (Å²) < 4.78 is 9.75. The van der Waals surface area contributed by atoms with Crippen molar-refractivity contribution in [3.63, 3.8) is 0 Å². The second-order valence-electron chi connectivity index (χ2n) is 2.20. The average molecular weight is 151 g/mol. The number of rotatable bonds is 3. The molecular weight excluding hydrogens is 140 g/mol. The molecule has 0 N–H and O–H groups in total. The summed E-state index contributed by atoms with van der Waals surface area (Å²) in [6, 6.07) is 7.71. The topological polar surface area (TPSA) is 18.5 Å². The molecule has 0 aromatic heterocycles. The molecule has 0 fully saturated rings. The van der Waals surface area contributed by atoms with Crippen molar-refractivity contribution in [2.24, 2.45) is 0 Å². The van der Waals surface area contributed by atoms with E-state index in [0.29, 0.717) is 6.61 Å². The zero-order chi connectivity index (χ0) is 8.10. The molecule has 1 aromatic carbocycles. The third-order valence-electron chi connectivity index (χ3n) is 1.40. The van der Waals surface area contributed by atoms with Crippen molar-refractivity contribution in [2.45, 2.75) is 6.61 Å². The highest BCUT2D eigenvalue weighted by Crippen LogP contribution is 2.12. The lowest BCUT2D eigenvalue weighted by atomic mass is 10.2. The lowest BCUT2D eigenvalue weighted by Gasteiger charge is -2.02. The van der Waals surface area contributed by atoms with Crippen molar-refractivity contribution in [3.05, 3.63) is 36.9 Å². The van der Waals surface area contributed by atoms with E-state index in [9.17, 15) is 0 Å². The monoisotopic (exact) mass is 151 g/mol. The van der Waals surface area contributed by atoms with E-state index >= 15 is 0 Å².